The maximum absolute atomic E-state index is 5.57. The van der Waals surface area contributed by atoms with Gasteiger partial charge in [0, 0.05) is 19.5 Å². The number of pyridine rings is 1. The molecular weight excluding hydrogens is 200 g/mol. The Morgan fingerprint density at radius 2 is 2.25 bits per heavy atom. The van der Waals surface area contributed by atoms with E-state index < -0.39 is 0 Å². The van der Waals surface area contributed by atoms with Crippen molar-refractivity contribution in [3.8, 4) is 0 Å². The predicted octanol–water partition coefficient (Wildman–Crippen LogP) is 2.55. The first kappa shape index (κ1) is 13.1. The average molecular weight is 222 g/mol. The van der Waals surface area contributed by atoms with Gasteiger partial charge in [0.15, 0.2) is 0 Å². The van der Waals surface area contributed by atoms with Gasteiger partial charge < -0.3 is 10.1 Å². The number of likely N-dealkylation sites (N-methyl/N-ethyl adjacent to an activating group) is 1. The Morgan fingerprint density at radius 1 is 1.44 bits per heavy atom. The smallest absolute Gasteiger partial charge is 0.0766 e. The van der Waals surface area contributed by atoms with Gasteiger partial charge in [-0.2, -0.15) is 0 Å². The van der Waals surface area contributed by atoms with Gasteiger partial charge in [0.1, 0.15) is 0 Å². The van der Waals surface area contributed by atoms with Crippen LogP contribution in [0.25, 0.3) is 0 Å². The van der Waals surface area contributed by atoms with Crippen LogP contribution in [0.2, 0.25) is 0 Å². The number of nitrogens with one attached hydrogen (secondary N) is 1. The van der Waals surface area contributed by atoms with Crippen molar-refractivity contribution in [2.45, 2.75) is 38.8 Å². The molecule has 1 heterocycles. The van der Waals surface area contributed by atoms with Gasteiger partial charge in [-0.15, -0.1) is 0 Å². The highest BCUT2D eigenvalue weighted by Crippen LogP contribution is 2.21. The Morgan fingerprint density at radius 3 is 2.75 bits per heavy atom. The molecule has 0 aliphatic carbocycles. The highest BCUT2D eigenvalue weighted by Gasteiger charge is 2.21. The van der Waals surface area contributed by atoms with Crippen LogP contribution in [-0.4, -0.2) is 24.7 Å². The van der Waals surface area contributed by atoms with Crippen molar-refractivity contribution < 1.29 is 4.74 Å². The summed E-state index contributed by atoms with van der Waals surface area (Å²) < 4.78 is 5.57. The molecule has 0 saturated carbocycles. The van der Waals surface area contributed by atoms with E-state index in [4.69, 9.17) is 4.74 Å². The van der Waals surface area contributed by atoms with Gasteiger partial charge in [-0.05, 0) is 24.6 Å². The highest BCUT2D eigenvalue weighted by molar-refractivity contribution is 5.15. The van der Waals surface area contributed by atoms with E-state index in [0.29, 0.717) is 0 Å². The fourth-order valence-corrected chi connectivity index (χ4v) is 1.95. The Kier molecular flexibility index (Phi) is 6.04. The van der Waals surface area contributed by atoms with E-state index in [1.807, 2.05) is 12.3 Å². The van der Waals surface area contributed by atoms with Crippen LogP contribution in [0, 0.1) is 0 Å². The zero-order chi connectivity index (χ0) is 11.8. The first-order chi connectivity index (χ1) is 7.83. The summed E-state index contributed by atoms with van der Waals surface area (Å²) in [6.07, 6.45) is 6.11. The third-order valence-corrected chi connectivity index (χ3v) is 2.72. The first-order valence-corrected chi connectivity index (χ1v) is 5.99. The summed E-state index contributed by atoms with van der Waals surface area (Å²) in [7, 11) is 1.78. The molecule has 90 valence electrons. The molecule has 0 spiro atoms. The lowest BCUT2D eigenvalue weighted by Gasteiger charge is -2.26. The number of methoxy groups -OCH3 is 1. The van der Waals surface area contributed by atoms with Gasteiger partial charge in [0.05, 0.1) is 12.1 Å². The summed E-state index contributed by atoms with van der Waals surface area (Å²) >= 11 is 0. The number of hydrogen-bond acceptors (Lipinski definition) is 3. The second-order valence-corrected chi connectivity index (χ2v) is 3.88. The maximum Gasteiger partial charge on any atom is 0.0766 e. The van der Waals surface area contributed by atoms with E-state index >= 15 is 0 Å². The van der Waals surface area contributed by atoms with Crippen LogP contribution in [0.3, 0.4) is 0 Å². The highest BCUT2D eigenvalue weighted by atomic mass is 16.5. The molecule has 2 atom stereocenters. The zero-order valence-corrected chi connectivity index (χ0v) is 10.4. The van der Waals surface area contributed by atoms with Crippen LogP contribution >= 0.6 is 0 Å². The van der Waals surface area contributed by atoms with Gasteiger partial charge in [0.2, 0.25) is 0 Å². The summed E-state index contributed by atoms with van der Waals surface area (Å²) in [5.74, 6) is 0. The minimum Gasteiger partial charge on any atom is -0.379 e. The lowest BCUT2D eigenvalue weighted by molar-refractivity contribution is 0.0610. The summed E-state index contributed by atoms with van der Waals surface area (Å²) in [6, 6.07) is 4.31. The topological polar surface area (TPSA) is 34.1 Å². The summed E-state index contributed by atoms with van der Waals surface area (Å²) in [6.45, 7) is 5.23. The van der Waals surface area contributed by atoms with Crippen LogP contribution in [0.1, 0.15) is 38.3 Å². The summed E-state index contributed by atoms with van der Waals surface area (Å²) in [5, 5.41) is 3.47. The molecule has 0 fully saturated rings. The third-order valence-electron chi connectivity index (χ3n) is 2.72. The van der Waals surface area contributed by atoms with Crippen molar-refractivity contribution >= 4 is 0 Å². The summed E-state index contributed by atoms with van der Waals surface area (Å²) in [5.41, 5.74) is 1.20. The normalized spacial score (nSPS) is 14.7. The van der Waals surface area contributed by atoms with Crippen LogP contribution < -0.4 is 5.32 Å². The van der Waals surface area contributed by atoms with Crippen molar-refractivity contribution in [1.29, 1.82) is 0 Å². The minimum atomic E-state index is 0.217. The summed E-state index contributed by atoms with van der Waals surface area (Å²) in [4.78, 5) is 4.17. The fourth-order valence-electron chi connectivity index (χ4n) is 1.95. The third kappa shape index (κ3) is 3.58. The SMILES string of the molecule is CCCC(OC)C(NCC)c1cccnc1. The Bertz CT molecular complexity index is 277. The largest absolute Gasteiger partial charge is 0.379 e. The molecule has 1 aromatic heterocycles. The molecular formula is C13H22N2O. The van der Waals surface area contributed by atoms with E-state index in [-0.39, 0.29) is 12.1 Å². The predicted molar refractivity (Wildman–Crippen MR) is 66.4 cm³/mol. The number of nitrogens with zero attached hydrogens (tertiary/aromatic N) is 1. The van der Waals surface area contributed by atoms with Crippen molar-refractivity contribution in [1.82, 2.24) is 10.3 Å². The van der Waals surface area contributed by atoms with E-state index in [1.54, 1.807) is 13.3 Å². The quantitative estimate of drug-likeness (QED) is 0.770. The Hall–Kier alpha value is -0.930. The standard InChI is InChI=1S/C13H22N2O/c1-4-7-12(16-3)13(15-5-2)11-8-6-9-14-10-11/h6,8-10,12-13,15H,4-5,7H2,1-3H3. The van der Waals surface area contributed by atoms with Crippen LogP contribution in [0.5, 0.6) is 0 Å². The number of ether oxygens (including phenoxy) is 1. The maximum atomic E-state index is 5.57. The second kappa shape index (κ2) is 7.36. The van der Waals surface area contributed by atoms with Crippen molar-refractivity contribution in [3.05, 3.63) is 30.1 Å². The van der Waals surface area contributed by atoms with Gasteiger partial charge in [-0.1, -0.05) is 26.3 Å². The van der Waals surface area contributed by atoms with Crippen LogP contribution in [-0.2, 0) is 4.74 Å². The van der Waals surface area contributed by atoms with E-state index in [9.17, 15) is 0 Å². The van der Waals surface area contributed by atoms with Crippen molar-refractivity contribution in [2.75, 3.05) is 13.7 Å². The zero-order valence-electron chi connectivity index (χ0n) is 10.4. The fraction of sp³-hybridized carbons (Fsp3) is 0.615. The van der Waals surface area contributed by atoms with E-state index in [0.717, 1.165) is 19.4 Å². The Balaban J connectivity index is 2.80. The molecule has 1 aromatic rings. The first-order valence-electron chi connectivity index (χ1n) is 5.99. The molecule has 0 saturated heterocycles. The molecule has 0 bridgehead atoms. The monoisotopic (exact) mass is 222 g/mol. The molecule has 3 heteroatoms. The average Bonchev–Trinajstić information content (AvgIpc) is 2.35. The van der Waals surface area contributed by atoms with Crippen LogP contribution in [0.15, 0.2) is 24.5 Å². The lowest BCUT2D eigenvalue weighted by Crippen LogP contribution is -2.33. The molecule has 0 aliphatic rings. The molecule has 0 aromatic carbocycles. The molecule has 2 unspecified atom stereocenters. The van der Waals surface area contributed by atoms with Gasteiger partial charge in [0.25, 0.3) is 0 Å². The van der Waals surface area contributed by atoms with E-state index in [2.05, 4.69) is 30.2 Å². The molecule has 1 N–H and O–H groups in total. The molecule has 0 radical (unpaired) electrons. The molecule has 0 aliphatic heterocycles. The lowest BCUT2D eigenvalue weighted by atomic mass is 9.99. The van der Waals surface area contributed by atoms with Crippen molar-refractivity contribution in [2.24, 2.45) is 0 Å². The molecule has 16 heavy (non-hydrogen) atoms. The molecule has 0 amide bonds. The Labute approximate surface area is 98.2 Å². The minimum absolute atomic E-state index is 0.217. The van der Waals surface area contributed by atoms with Gasteiger partial charge in [-0.25, -0.2) is 0 Å². The van der Waals surface area contributed by atoms with Crippen molar-refractivity contribution in [3.63, 3.8) is 0 Å². The van der Waals surface area contributed by atoms with Crippen LogP contribution in [0.4, 0.5) is 0 Å². The second-order valence-electron chi connectivity index (χ2n) is 3.88. The van der Waals surface area contributed by atoms with E-state index in [1.165, 1.54) is 5.56 Å². The molecule has 3 nitrogen and oxygen atoms in total. The number of rotatable bonds is 7. The number of hydrogen-bond donors (Lipinski definition) is 1. The van der Waals surface area contributed by atoms with Gasteiger partial charge in [-0.3, -0.25) is 4.98 Å². The molecule has 1 rings (SSSR count). The van der Waals surface area contributed by atoms with Gasteiger partial charge >= 0.3 is 0 Å². The number of aromatic nitrogens is 1.